The van der Waals surface area contributed by atoms with Crippen molar-refractivity contribution in [1.82, 2.24) is 4.31 Å². The molecular weight excluding hydrogens is 262 g/mol. The third kappa shape index (κ3) is 3.80. The predicted molar refractivity (Wildman–Crippen MR) is 75.2 cm³/mol. The molecule has 0 aromatic heterocycles. The van der Waals surface area contributed by atoms with Gasteiger partial charge in [-0.15, -0.1) is 0 Å². The summed E-state index contributed by atoms with van der Waals surface area (Å²) >= 11 is 0. The fourth-order valence-corrected chi connectivity index (χ4v) is 2.82. The van der Waals surface area contributed by atoms with E-state index in [9.17, 15) is 8.42 Å². The number of aliphatic hydroxyl groups is 1. The summed E-state index contributed by atoms with van der Waals surface area (Å²) in [5.74, 6) is 5.59. The molecule has 1 N–H and O–H groups in total. The largest absolute Gasteiger partial charge is 0.395 e. The topological polar surface area (TPSA) is 57.6 Å². The van der Waals surface area contributed by atoms with Gasteiger partial charge in [0.25, 0.3) is 0 Å². The van der Waals surface area contributed by atoms with E-state index in [0.29, 0.717) is 18.5 Å². The molecule has 0 spiro atoms. The van der Waals surface area contributed by atoms with Crippen LogP contribution < -0.4 is 0 Å². The monoisotopic (exact) mass is 281 g/mol. The van der Waals surface area contributed by atoms with E-state index < -0.39 is 10.0 Å². The highest BCUT2D eigenvalue weighted by Crippen LogP contribution is 2.20. The van der Waals surface area contributed by atoms with Gasteiger partial charge in [0.15, 0.2) is 0 Å². The van der Waals surface area contributed by atoms with E-state index in [-0.39, 0.29) is 11.5 Å². The van der Waals surface area contributed by atoms with Gasteiger partial charge in [-0.05, 0) is 24.6 Å². The van der Waals surface area contributed by atoms with E-state index >= 15 is 0 Å². The Kier molecular flexibility index (Phi) is 5.55. The molecule has 0 saturated carbocycles. The molecule has 1 rings (SSSR count). The van der Waals surface area contributed by atoms with Crippen LogP contribution in [0.1, 0.15) is 24.5 Å². The van der Waals surface area contributed by atoms with Crippen molar-refractivity contribution in [3.05, 3.63) is 29.3 Å². The smallest absolute Gasteiger partial charge is 0.244 e. The average molecular weight is 281 g/mol. The molecule has 0 saturated heterocycles. The molecule has 0 bridgehead atoms. The Bertz CT molecular complexity index is 597. The molecular formula is C14H19NO3S. The van der Waals surface area contributed by atoms with Crippen molar-refractivity contribution in [3.63, 3.8) is 0 Å². The quantitative estimate of drug-likeness (QED) is 0.848. The number of aliphatic hydroxyl groups excluding tert-OH is 1. The first kappa shape index (κ1) is 15.7. The summed E-state index contributed by atoms with van der Waals surface area (Å²) in [7, 11) is -1.96. The van der Waals surface area contributed by atoms with Gasteiger partial charge in [0.05, 0.1) is 11.5 Å². The van der Waals surface area contributed by atoms with Gasteiger partial charge < -0.3 is 5.11 Å². The number of hydrogen-bond donors (Lipinski definition) is 1. The zero-order valence-corrected chi connectivity index (χ0v) is 12.3. The molecule has 5 heteroatoms. The van der Waals surface area contributed by atoms with Gasteiger partial charge in [-0.1, -0.05) is 24.8 Å². The van der Waals surface area contributed by atoms with E-state index in [1.807, 2.05) is 6.92 Å². The molecule has 0 radical (unpaired) electrons. The van der Waals surface area contributed by atoms with Gasteiger partial charge in [-0.2, -0.15) is 0 Å². The minimum absolute atomic E-state index is 0.0320. The number of aryl methyl sites for hydroxylation is 1. The van der Waals surface area contributed by atoms with Gasteiger partial charge in [-0.25, -0.2) is 12.7 Å². The van der Waals surface area contributed by atoms with Crippen LogP contribution in [0.2, 0.25) is 0 Å². The molecule has 0 unspecified atom stereocenters. The van der Waals surface area contributed by atoms with Crippen molar-refractivity contribution in [1.29, 1.82) is 0 Å². The first-order valence-corrected chi connectivity index (χ1v) is 7.54. The maximum atomic E-state index is 12.3. The fraction of sp³-hybridized carbons (Fsp3) is 0.429. The first-order valence-electron chi connectivity index (χ1n) is 6.10. The molecule has 4 nitrogen and oxygen atoms in total. The summed E-state index contributed by atoms with van der Waals surface area (Å²) in [5, 5.41) is 8.73. The van der Waals surface area contributed by atoms with Crippen LogP contribution in [0.25, 0.3) is 0 Å². The zero-order chi connectivity index (χ0) is 14.5. The summed E-state index contributed by atoms with van der Waals surface area (Å²) in [6, 6.07) is 5.09. The van der Waals surface area contributed by atoms with E-state index in [0.717, 1.165) is 5.56 Å². The maximum Gasteiger partial charge on any atom is 0.244 e. The lowest BCUT2D eigenvalue weighted by Crippen LogP contribution is -2.27. The van der Waals surface area contributed by atoms with Crippen LogP contribution in [0.15, 0.2) is 23.1 Å². The molecule has 1 aromatic rings. The maximum absolute atomic E-state index is 12.3. The average Bonchev–Trinajstić information content (AvgIpc) is 2.37. The molecule has 0 heterocycles. The van der Waals surface area contributed by atoms with Crippen molar-refractivity contribution < 1.29 is 13.5 Å². The SMILES string of the molecule is CCN(C)S(=O)(=O)c1ccc(C)cc1C#CCCO. The molecule has 19 heavy (non-hydrogen) atoms. The Morgan fingerprint density at radius 2 is 2.05 bits per heavy atom. The minimum atomic E-state index is -3.51. The predicted octanol–water partition coefficient (Wildman–Crippen LogP) is 1.37. The first-order chi connectivity index (χ1) is 8.93. The summed E-state index contributed by atoms with van der Waals surface area (Å²) < 4.78 is 26.0. The Morgan fingerprint density at radius 3 is 2.63 bits per heavy atom. The van der Waals surface area contributed by atoms with Crippen molar-refractivity contribution in [2.75, 3.05) is 20.2 Å². The zero-order valence-electron chi connectivity index (χ0n) is 11.5. The van der Waals surface area contributed by atoms with Crippen molar-refractivity contribution in [2.45, 2.75) is 25.2 Å². The molecule has 104 valence electrons. The molecule has 0 amide bonds. The Balaban J connectivity index is 3.33. The van der Waals surface area contributed by atoms with Crippen LogP contribution >= 0.6 is 0 Å². The summed E-state index contributed by atoms with van der Waals surface area (Å²) in [6.07, 6.45) is 0.330. The normalized spacial score (nSPS) is 11.2. The number of rotatable bonds is 4. The van der Waals surface area contributed by atoms with Crippen LogP contribution in [0, 0.1) is 18.8 Å². The van der Waals surface area contributed by atoms with Gasteiger partial charge in [0.2, 0.25) is 10.0 Å². The van der Waals surface area contributed by atoms with E-state index in [1.165, 1.54) is 4.31 Å². The highest BCUT2D eigenvalue weighted by atomic mass is 32.2. The number of sulfonamides is 1. The van der Waals surface area contributed by atoms with Gasteiger partial charge >= 0.3 is 0 Å². The van der Waals surface area contributed by atoms with Crippen LogP contribution in [-0.4, -0.2) is 38.0 Å². The minimum Gasteiger partial charge on any atom is -0.395 e. The van der Waals surface area contributed by atoms with Crippen LogP contribution in [0.4, 0.5) is 0 Å². The number of hydrogen-bond acceptors (Lipinski definition) is 3. The Morgan fingerprint density at radius 1 is 1.37 bits per heavy atom. The highest BCUT2D eigenvalue weighted by Gasteiger charge is 2.22. The summed E-state index contributed by atoms with van der Waals surface area (Å²) in [6.45, 7) is 4.04. The van der Waals surface area contributed by atoms with Crippen LogP contribution in [-0.2, 0) is 10.0 Å². The number of benzene rings is 1. The molecule has 0 aliphatic carbocycles. The molecule has 0 fully saturated rings. The second-order valence-electron chi connectivity index (χ2n) is 4.19. The second-order valence-corrected chi connectivity index (χ2v) is 6.21. The second kappa shape index (κ2) is 6.71. The van der Waals surface area contributed by atoms with Gasteiger partial charge in [-0.3, -0.25) is 0 Å². The molecule has 0 aliphatic heterocycles. The van der Waals surface area contributed by atoms with E-state index in [1.54, 1.807) is 32.2 Å². The molecule has 1 aromatic carbocycles. The lowest BCUT2D eigenvalue weighted by atomic mass is 10.1. The van der Waals surface area contributed by atoms with E-state index in [4.69, 9.17) is 5.11 Å². The Hall–Kier alpha value is -1.35. The van der Waals surface area contributed by atoms with Crippen molar-refractivity contribution in [3.8, 4) is 11.8 Å². The van der Waals surface area contributed by atoms with Crippen LogP contribution in [0.3, 0.4) is 0 Å². The van der Waals surface area contributed by atoms with Crippen molar-refractivity contribution >= 4 is 10.0 Å². The van der Waals surface area contributed by atoms with Crippen molar-refractivity contribution in [2.24, 2.45) is 0 Å². The standard InChI is InChI=1S/C14H19NO3S/c1-4-15(3)19(17,18)14-9-8-12(2)11-13(14)7-5-6-10-16/h8-9,11,16H,4,6,10H2,1-3H3. The highest BCUT2D eigenvalue weighted by molar-refractivity contribution is 7.89. The lowest BCUT2D eigenvalue weighted by Gasteiger charge is -2.16. The third-order valence-corrected chi connectivity index (χ3v) is 4.72. The van der Waals surface area contributed by atoms with Crippen LogP contribution in [0.5, 0.6) is 0 Å². The summed E-state index contributed by atoms with van der Waals surface area (Å²) in [5.41, 5.74) is 1.43. The molecule has 0 atom stereocenters. The van der Waals surface area contributed by atoms with Gasteiger partial charge in [0.1, 0.15) is 0 Å². The summed E-state index contributed by atoms with van der Waals surface area (Å²) in [4.78, 5) is 0.216. The number of nitrogens with zero attached hydrogens (tertiary/aromatic N) is 1. The third-order valence-electron chi connectivity index (χ3n) is 2.73. The Labute approximate surface area is 115 Å². The molecule has 0 aliphatic rings. The lowest BCUT2D eigenvalue weighted by molar-refractivity contribution is 0.305. The van der Waals surface area contributed by atoms with E-state index in [2.05, 4.69) is 11.8 Å². The van der Waals surface area contributed by atoms with Gasteiger partial charge in [0, 0.05) is 25.6 Å². The fourth-order valence-electron chi connectivity index (χ4n) is 1.52.